The van der Waals surface area contributed by atoms with Crippen LogP contribution in [-0.2, 0) is 17.0 Å². The van der Waals surface area contributed by atoms with Crippen LogP contribution < -0.4 is 5.32 Å². The maximum Gasteiger partial charge on any atom is 0.251 e. The second-order valence-electron chi connectivity index (χ2n) is 8.01. The molecule has 1 aliphatic heterocycles. The summed E-state index contributed by atoms with van der Waals surface area (Å²) in [5, 5.41) is 2.89. The van der Waals surface area contributed by atoms with Gasteiger partial charge in [-0.3, -0.25) is 9.59 Å². The Morgan fingerprint density at radius 1 is 1.03 bits per heavy atom. The van der Waals surface area contributed by atoms with Gasteiger partial charge in [0.1, 0.15) is 11.2 Å². The SMILES string of the molecule is O=C(NCCSCc1ccccc1F)c1ccc([C@@H]2SCC(=O)N2CCc2ccccc2)cc1. The summed E-state index contributed by atoms with van der Waals surface area (Å²) in [4.78, 5) is 26.9. The van der Waals surface area contributed by atoms with Gasteiger partial charge in [-0.25, -0.2) is 4.39 Å². The minimum atomic E-state index is -0.195. The van der Waals surface area contributed by atoms with Gasteiger partial charge < -0.3 is 10.2 Å². The summed E-state index contributed by atoms with van der Waals surface area (Å²) >= 11 is 3.21. The van der Waals surface area contributed by atoms with Crippen LogP contribution in [0.1, 0.15) is 32.4 Å². The number of carbonyl (C=O) groups excluding carboxylic acids is 2. The molecule has 4 rings (SSSR count). The maximum atomic E-state index is 13.7. The smallest absolute Gasteiger partial charge is 0.251 e. The van der Waals surface area contributed by atoms with Gasteiger partial charge in [-0.15, -0.1) is 11.8 Å². The molecule has 2 amide bonds. The number of amides is 2. The van der Waals surface area contributed by atoms with Gasteiger partial charge >= 0.3 is 0 Å². The molecular weight excluding hydrogens is 467 g/mol. The average Bonchev–Trinajstić information content (AvgIpc) is 3.24. The van der Waals surface area contributed by atoms with Crippen molar-refractivity contribution in [3.8, 4) is 0 Å². The Morgan fingerprint density at radius 2 is 1.76 bits per heavy atom. The van der Waals surface area contributed by atoms with Gasteiger partial charge in [-0.1, -0.05) is 60.7 Å². The van der Waals surface area contributed by atoms with Crippen molar-refractivity contribution in [2.24, 2.45) is 0 Å². The van der Waals surface area contributed by atoms with Crippen molar-refractivity contribution in [3.05, 3.63) is 107 Å². The van der Waals surface area contributed by atoms with Gasteiger partial charge in [-0.2, -0.15) is 11.8 Å². The molecule has 3 aromatic carbocycles. The summed E-state index contributed by atoms with van der Waals surface area (Å²) in [5.41, 5.74) is 3.51. The van der Waals surface area contributed by atoms with Gasteiger partial charge in [0.15, 0.2) is 0 Å². The molecule has 0 bridgehead atoms. The first-order chi connectivity index (χ1) is 16.6. The molecule has 1 fully saturated rings. The molecule has 0 aromatic heterocycles. The molecule has 176 valence electrons. The molecule has 0 aliphatic carbocycles. The molecule has 4 nitrogen and oxygen atoms in total. The van der Waals surface area contributed by atoms with Crippen LogP contribution in [-0.4, -0.2) is 41.3 Å². The number of nitrogens with zero attached hydrogens (tertiary/aromatic N) is 1. The Balaban J connectivity index is 1.25. The van der Waals surface area contributed by atoms with E-state index in [1.165, 1.54) is 11.6 Å². The predicted octanol–water partition coefficient (Wildman–Crippen LogP) is 5.31. The molecule has 1 saturated heterocycles. The molecule has 0 saturated carbocycles. The Kier molecular flexibility index (Phi) is 8.66. The Morgan fingerprint density at radius 3 is 2.53 bits per heavy atom. The zero-order valence-corrected chi connectivity index (χ0v) is 20.4. The Bertz CT molecular complexity index is 1110. The molecule has 1 heterocycles. The largest absolute Gasteiger partial charge is 0.351 e. The number of nitrogens with one attached hydrogen (secondary N) is 1. The quantitative estimate of drug-likeness (QED) is 0.388. The molecule has 0 radical (unpaired) electrons. The van der Waals surface area contributed by atoms with E-state index in [0.717, 1.165) is 12.0 Å². The van der Waals surface area contributed by atoms with Gasteiger partial charge in [0.2, 0.25) is 5.91 Å². The first-order valence-electron chi connectivity index (χ1n) is 11.3. The lowest BCUT2D eigenvalue weighted by atomic mass is 10.1. The second kappa shape index (κ2) is 12.1. The summed E-state index contributed by atoms with van der Waals surface area (Å²) in [5.74, 6) is 1.59. The minimum absolute atomic E-state index is 0.0249. The van der Waals surface area contributed by atoms with Crippen LogP contribution in [0.25, 0.3) is 0 Å². The number of hydrogen-bond acceptors (Lipinski definition) is 4. The van der Waals surface area contributed by atoms with Crippen molar-refractivity contribution in [1.82, 2.24) is 10.2 Å². The van der Waals surface area contributed by atoms with Crippen molar-refractivity contribution < 1.29 is 14.0 Å². The van der Waals surface area contributed by atoms with E-state index < -0.39 is 0 Å². The highest BCUT2D eigenvalue weighted by atomic mass is 32.2. The summed E-state index contributed by atoms with van der Waals surface area (Å²) in [6, 6.07) is 24.4. The minimum Gasteiger partial charge on any atom is -0.351 e. The van der Waals surface area contributed by atoms with Crippen LogP contribution in [0.3, 0.4) is 0 Å². The fourth-order valence-electron chi connectivity index (χ4n) is 3.80. The van der Waals surface area contributed by atoms with E-state index in [0.29, 0.717) is 41.5 Å². The van der Waals surface area contributed by atoms with Crippen LogP contribution in [0.5, 0.6) is 0 Å². The van der Waals surface area contributed by atoms with Crippen LogP contribution in [0.15, 0.2) is 78.9 Å². The van der Waals surface area contributed by atoms with E-state index in [4.69, 9.17) is 0 Å². The van der Waals surface area contributed by atoms with Gasteiger partial charge in [0, 0.05) is 30.2 Å². The number of thioether (sulfide) groups is 2. The molecule has 7 heteroatoms. The molecular formula is C27H27FN2O2S2. The summed E-state index contributed by atoms with van der Waals surface area (Å²) in [6.45, 7) is 1.19. The Labute approximate surface area is 208 Å². The highest BCUT2D eigenvalue weighted by molar-refractivity contribution is 8.00. The molecule has 0 spiro atoms. The predicted molar refractivity (Wildman–Crippen MR) is 138 cm³/mol. The lowest BCUT2D eigenvalue weighted by Gasteiger charge is -2.24. The standard InChI is InChI=1S/C27H27FN2O2S2/c28-24-9-5-4-8-23(24)18-33-17-15-29-26(32)21-10-12-22(13-11-21)27-30(25(31)19-34-27)16-14-20-6-2-1-3-7-20/h1-13,27H,14-19H2,(H,29,32)/t27-/m0/s1. The second-order valence-corrected chi connectivity index (χ2v) is 10.2. The topological polar surface area (TPSA) is 49.4 Å². The Hall–Kier alpha value is -2.77. The summed E-state index contributed by atoms with van der Waals surface area (Å²) < 4.78 is 13.7. The monoisotopic (exact) mass is 494 g/mol. The van der Waals surface area contributed by atoms with E-state index >= 15 is 0 Å². The molecule has 34 heavy (non-hydrogen) atoms. The van der Waals surface area contributed by atoms with Crippen molar-refractivity contribution in [2.75, 3.05) is 24.6 Å². The van der Waals surface area contributed by atoms with Crippen molar-refractivity contribution >= 4 is 35.3 Å². The van der Waals surface area contributed by atoms with Crippen molar-refractivity contribution in [2.45, 2.75) is 17.5 Å². The lowest BCUT2D eigenvalue weighted by molar-refractivity contribution is -0.128. The van der Waals surface area contributed by atoms with Gasteiger partial charge in [-0.05, 0) is 41.3 Å². The third-order valence-corrected chi connectivity index (χ3v) is 7.92. The third-order valence-electron chi connectivity index (χ3n) is 5.66. The average molecular weight is 495 g/mol. The molecule has 0 unspecified atom stereocenters. The van der Waals surface area contributed by atoms with E-state index in [9.17, 15) is 14.0 Å². The summed E-state index contributed by atoms with van der Waals surface area (Å²) in [7, 11) is 0. The lowest BCUT2D eigenvalue weighted by Crippen LogP contribution is -2.30. The number of benzene rings is 3. The van der Waals surface area contributed by atoms with Gasteiger partial charge in [0.25, 0.3) is 5.91 Å². The maximum absolute atomic E-state index is 13.7. The van der Waals surface area contributed by atoms with E-state index in [2.05, 4.69) is 17.4 Å². The van der Waals surface area contributed by atoms with Crippen LogP contribution >= 0.6 is 23.5 Å². The molecule has 1 atom stereocenters. The van der Waals surface area contributed by atoms with Crippen molar-refractivity contribution in [3.63, 3.8) is 0 Å². The van der Waals surface area contributed by atoms with Crippen LogP contribution in [0.4, 0.5) is 4.39 Å². The highest BCUT2D eigenvalue weighted by Gasteiger charge is 2.32. The first-order valence-corrected chi connectivity index (χ1v) is 13.5. The summed E-state index contributed by atoms with van der Waals surface area (Å²) in [6.07, 6.45) is 0.819. The number of carbonyl (C=O) groups is 2. The first kappa shape index (κ1) is 24.4. The normalized spacial score (nSPS) is 15.5. The third kappa shape index (κ3) is 6.42. The number of halogens is 1. The zero-order valence-electron chi connectivity index (χ0n) is 18.8. The molecule has 3 aromatic rings. The van der Waals surface area contributed by atoms with Crippen molar-refractivity contribution in [1.29, 1.82) is 0 Å². The zero-order chi connectivity index (χ0) is 23.8. The fraction of sp³-hybridized carbons (Fsp3) is 0.259. The number of rotatable bonds is 10. The molecule has 1 aliphatic rings. The van der Waals surface area contributed by atoms with Gasteiger partial charge in [0.05, 0.1) is 5.75 Å². The highest BCUT2D eigenvalue weighted by Crippen LogP contribution is 2.38. The number of hydrogen-bond donors (Lipinski definition) is 1. The van der Waals surface area contributed by atoms with Crippen LogP contribution in [0.2, 0.25) is 0 Å². The van der Waals surface area contributed by atoms with E-state index in [-0.39, 0.29) is 23.0 Å². The fourth-order valence-corrected chi connectivity index (χ4v) is 5.87. The van der Waals surface area contributed by atoms with E-state index in [1.807, 2.05) is 53.4 Å². The molecule has 1 N–H and O–H groups in total. The van der Waals surface area contributed by atoms with Crippen LogP contribution in [0, 0.1) is 5.82 Å². The van der Waals surface area contributed by atoms with E-state index in [1.54, 1.807) is 35.7 Å².